The van der Waals surface area contributed by atoms with Gasteiger partial charge in [0.1, 0.15) is 0 Å². The molecule has 0 amide bonds. The van der Waals surface area contributed by atoms with E-state index in [1.54, 1.807) is 13.0 Å². The molecule has 0 spiro atoms. The van der Waals surface area contributed by atoms with Gasteiger partial charge in [0.15, 0.2) is 0 Å². The summed E-state index contributed by atoms with van der Waals surface area (Å²) in [5.74, 6) is -0.559. The Bertz CT molecular complexity index is 857. The van der Waals surface area contributed by atoms with Crippen LogP contribution < -0.4 is 5.73 Å². The molecule has 2 N–H and O–H groups in total. The first-order chi connectivity index (χ1) is 12.4. The molecule has 0 atom stereocenters. The molecule has 6 nitrogen and oxygen atoms in total. The number of rotatable bonds is 8. The van der Waals surface area contributed by atoms with Crippen LogP contribution in [0.3, 0.4) is 0 Å². The van der Waals surface area contributed by atoms with E-state index in [2.05, 4.69) is 0 Å². The number of nitrogens with two attached hydrogens (primary N) is 1. The van der Waals surface area contributed by atoms with Gasteiger partial charge in [0.05, 0.1) is 17.6 Å². The van der Waals surface area contributed by atoms with E-state index in [-0.39, 0.29) is 29.4 Å². The predicted molar refractivity (Wildman–Crippen MR) is 107 cm³/mol. The fourth-order valence-corrected chi connectivity index (χ4v) is 4.07. The average Bonchev–Trinajstić information content (AvgIpc) is 2.65. The van der Waals surface area contributed by atoms with Crippen LogP contribution in [0.25, 0.3) is 0 Å². The van der Waals surface area contributed by atoms with E-state index in [4.69, 9.17) is 10.5 Å². The minimum absolute atomic E-state index is 0. The first-order valence-electron chi connectivity index (χ1n) is 8.33. The molecule has 0 saturated heterocycles. The molecule has 0 radical (unpaired) electrons. The molecule has 0 bridgehead atoms. The number of hydrogen-bond acceptors (Lipinski definition) is 5. The lowest BCUT2D eigenvalue weighted by molar-refractivity contribution is 0.0599. The Morgan fingerprint density at radius 3 is 2.41 bits per heavy atom. The predicted octanol–water partition coefficient (Wildman–Crippen LogP) is 2.74. The number of ether oxygens (including phenoxy) is 1. The summed E-state index contributed by atoms with van der Waals surface area (Å²) in [6.45, 7) is 2.67. The highest BCUT2D eigenvalue weighted by Crippen LogP contribution is 2.22. The highest BCUT2D eigenvalue weighted by Gasteiger charge is 2.26. The van der Waals surface area contributed by atoms with Crippen LogP contribution in [0.1, 0.15) is 27.9 Å². The molecule has 27 heavy (non-hydrogen) atoms. The third-order valence-corrected chi connectivity index (χ3v) is 5.91. The number of esters is 1. The van der Waals surface area contributed by atoms with E-state index in [0.29, 0.717) is 25.1 Å². The Balaban J connectivity index is 0.00000364. The smallest absolute Gasteiger partial charge is 0.338 e. The Morgan fingerprint density at radius 2 is 1.81 bits per heavy atom. The summed E-state index contributed by atoms with van der Waals surface area (Å²) in [5.41, 5.74) is 7.36. The molecule has 0 aliphatic heterocycles. The van der Waals surface area contributed by atoms with E-state index in [1.807, 2.05) is 30.3 Å². The van der Waals surface area contributed by atoms with Gasteiger partial charge in [-0.25, -0.2) is 13.2 Å². The van der Waals surface area contributed by atoms with E-state index in [9.17, 15) is 13.2 Å². The van der Waals surface area contributed by atoms with Crippen molar-refractivity contribution in [3.63, 3.8) is 0 Å². The molecule has 0 aromatic heterocycles. The van der Waals surface area contributed by atoms with Crippen molar-refractivity contribution in [2.75, 3.05) is 20.2 Å². The Kier molecular flexibility index (Phi) is 8.92. The topological polar surface area (TPSA) is 89.7 Å². The normalized spacial score (nSPS) is 11.1. The number of carbonyl (C=O) groups excluding carboxylic acids is 1. The van der Waals surface area contributed by atoms with Gasteiger partial charge in [0.2, 0.25) is 10.0 Å². The van der Waals surface area contributed by atoms with Crippen LogP contribution in [0.15, 0.2) is 53.4 Å². The van der Waals surface area contributed by atoms with Crippen molar-refractivity contribution in [1.29, 1.82) is 0 Å². The van der Waals surface area contributed by atoms with Crippen molar-refractivity contribution in [1.82, 2.24) is 4.31 Å². The number of halogens is 1. The van der Waals surface area contributed by atoms with Crippen LogP contribution in [0.2, 0.25) is 0 Å². The molecule has 2 rings (SSSR count). The zero-order valence-corrected chi connectivity index (χ0v) is 17.1. The maximum absolute atomic E-state index is 13.2. The second kappa shape index (κ2) is 10.4. The third-order valence-electron chi connectivity index (χ3n) is 4.07. The standard InChI is InChI=1S/C19H24N2O4S.ClH/c1-15-9-10-17(13-18(15)19(22)25-2)26(23,24)21(12-6-11-20)14-16-7-4-3-5-8-16;/h3-5,7-10,13H,6,11-12,14,20H2,1-2H3;1H. The lowest BCUT2D eigenvalue weighted by Gasteiger charge is -2.22. The molecule has 2 aromatic carbocycles. The van der Waals surface area contributed by atoms with Gasteiger partial charge in [-0.1, -0.05) is 36.4 Å². The number of sulfonamides is 1. The van der Waals surface area contributed by atoms with Crippen LogP contribution in [0.4, 0.5) is 0 Å². The van der Waals surface area contributed by atoms with Gasteiger partial charge in [0, 0.05) is 13.1 Å². The highest BCUT2D eigenvalue weighted by atomic mass is 35.5. The summed E-state index contributed by atoms with van der Waals surface area (Å²) in [4.78, 5) is 12.0. The van der Waals surface area contributed by atoms with Crippen LogP contribution in [0, 0.1) is 6.92 Å². The first kappa shape index (κ1) is 23.1. The molecule has 0 fully saturated rings. The highest BCUT2D eigenvalue weighted by molar-refractivity contribution is 7.89. The third kappa shape index (κ3) is 5.77. The lowest BCUT2D eigenvalue weighted by Crippen LogP contribution is -2.32. The number of methoxy groups -OCH3 is 1. The van der Waals surface area contributed by atoms with E-state index < -0.39 is 16.0 Å². The Morgan fingerprint density at radius 1 is 1.15 bits per heavy atom. The number of nitrogens with zero attached hydrogens (tertiary/aromatic N) is 1. The fourth-order valence-electron chi connectivity index (χ4n) is 2.58. The molecular formula is C19H25ClN2O4S. The number of hydrogen-bond donors (Lipinski definition) is 1. The number of aryl methyl sites for hydroxylation is 1. The summed E-state index contributed by atoms with van der Waals surface area (Å²) >= 11 is 0. The molecule has 0 aliphatic rings. The van der Waals surface area contributed by atoms with Gasteiger partial charge in [-0.3, -0.25) is 0 Å². The van der Waals surface area contributed by atoms with E-state index in [1.165, 1.54) is 23.5 Å². The van der Waals surface area contributed by atoms with Crippen molar-refractivity contribution in [3.05, 3.63) is 65.2 Å². The van der Waals surface area contributed by atoms with Gasteiger partial charge in [-0.15, -0.1) is 12.4 Å². The van der Waals surface area contributed by atoms with Gasteiger partial charge < -0.3 is 10.5 Å². The summed E-state index contributed by atoms with van der Waals surface area (Å²) in [5, 5.41) is 0. The maximum atomic E-state index is 13.2. The molecule has 0 heterocycles. The minimum atomic E-state index is -3.78. The minimum Gasteiger partial charge on any atom is -0.465 e. The average molecular weight is 413 g/mol. The molecule has 8 heteroatoms. The van der Waals surface area contributed by atoms with Gasteiger partial charge in [-0.05, 0) is 43.1 Å². The number of benzene rings is 2. The lowest BCUT2D eigenvalue weighted by atomic mass is 10.1. The van der Waals surface area contributed by atoms with Crippen LogP contribution in [0.5, 0.6) is 0 Å². The molecule has 2 aromatic rings. The summed E-state index contributed by atoms with van der Waals surface area (Å²) in [6.07, 6.45) is 0.543. The van der Waals surface area contributed by atoms with E-state index in [0.717, 1.165) is 5.56 Å². The van der Waals surface area contributed by atoms with Crippen LogP contribution >= 0.6 is 12.4 Å². The summed E-state index contributed by atoms with van der Waals surface area (Å²) < 4.78 is 32.4. The van der Waals surface area contributed by atoms with Gasteiger partial charge in [0.25, 0.3) is 0 Å². The van der Waals surface area contributed by atoms with Crippen molar-refractivity contribution >= 4 is 28.4 Å². The molecule has 0 saturated carbocycles. The van der Waals surface area contributed by atoms with E-state index >= 15 is 0 Å². The molecule has 148 valence electrons. The molecular weight excluding hydrogens is 388 g/mol. The second-order valence-electron chi connectivity index (χ2n) is 5.93. The maximum Gasteiger partial charge on any atom is 0.338 e. The fraction of sp³-hybridized carbons (Fsp3) is 0.316. The first-order valence-corrected chi connectivity index (χ1v) is 9.77. The summed E-state index contributed by atoms with van der Waals surface area (Å²) in [6, 6.07) is 13.9. The quantitative estimate of drug-likeness (QED) is 0.673. The van der Waals surface area contributed by atoms with Gasteiger partial charge in [-0.2, -0.15) is 4.31 Å². The van der Waals surface area contributed by atoms with Crippen molar-refractivity contribution < 1.29 is 17.9 Å². The van der Waals surface area contributed by atoms with Crippen molar-refractivity contribution in [2.24, 2.45) is 5.73 Å². The number of carbonyl (C=O) groups is 1. The van der Waals surface area contributed by atoms with Crippen LogP contribution in [-0.2, 0) is 21.3 Å². The monoisotopic (exact) mass is 412 g/mol. The second-order valence-corrected chi connectivity index (χ2v) is 7.87. The zero-order valence-electron chi connectivity index (χ0n) is 15.4. The summed E-state index contributed by atoms with van der Waals surface area (Å²) in [7, 11) is -2.51. The Labute approximate surface area is 166 Å². The van der Waals surface area contributed by atoms with Crippen molar-refractivity contribution in [3.8, 4) is 0 Å². The SMILES string of the molecule is COC(=O)c1cc(S(=O)(=O)N(CCCN)Cc2ccccc2)ccc1C.Cl. The van der Waals surface area contributed by atoms with Crippen LogP contribution in [-0.4, -0.2) is 38.9 Å². The zero-order chi connectivity index (χ0) is 19.2. The molecule has 0 unspecified atom stereocenters. The Hall–Kier alpha value is -1.93. The largest absolute Gasteiger partial charge is 0.465 e. The molecule has 0 aliphatic carbocycles. The van der Waals surface area contributed by atoms with Crippen molar-refractivity contribution in [2.45, 2.75) is 24.8 Å². The van der Waals surface area contributed by atoms with Gasteiger partial charge >= 0.3 is 5.97 Å².